The maximum absolute atomic E-state index is 12.2. The number of piperazine rings is 1. The van der Waals surface area contributed by atoms with Crippen molar-refractivity contribution in [1.82, 2.24) is 9.80 Å². The van der Waals surface area contributed by atoms with Gasteiger partial charge < -0.3 is 19.7 Å². The molecule has 0 aliphatic carbocycles. The lowest BCUT2D eigenvalue weighted by Gasteiger charge is -2.34. The molecule has 2 aromatic rings. The molecule has 0 atom stereocenters. The number of ether oxygens (including phenoxy) is 2. The Balaban J connectivity index is 1.18. The van der Waals surface area contributed by atoms with Crippen LogP contribution in [0.2, 0.25) is 0 Å². The molecule has 0 saturated carbocycles. The van der Waals surface area contributed by atoms with Crippen LogP contribution >= 0.6 is 0 Å². The van der Waals surface area contributed by atoms with E-state index in [2.05, 4.69) is 45.4 Å². The molecule has 0 spiro atoms. The predicted molar refractivity (Wildman–Crippen MR) is 104 cm³/mol. The lowest BCUT2D eigenvalue weighted by molar-refractivity contribution is -0.116. The van der Waals surface area contributed by atoms with E-state index < -0.39 is 0 Å². The number of amides is 1. The second kappa shape index (κ2) is 8.41. The van der Waals surface area contributed by atoms with Crippen LogP contribution in [0.1, 0.15) is 12.0 Å². The zero-order chi connectivity index (χ0) is 18.5. The molecule has 1 saturated heterocycles. The standard InChI is InChI=1S/C21H25N3O3/c25-21(22-18-6-7-19-20(14-18)27-16-26-19)8-9-23-10-12-24(13-11-23)15-17-4-2-1-3-5-17/h1-7,14H,8-13,15-16H2,(H,22,25). The van der Waals surface area contributed by atoms with Gasteiger partial charge in [-0.2, -0.15) is 0 Å². The lowest BCUT2D eigenvalue weighted by Crippen LogP contribution is -2.46. The molecule has 0 radical (unpaired) electrons. The lowest BCUT2D eigenvalue weighted by atomic mass is 10.2. The van der Waals surface area contributed by atoms with Crippen LogP contribution in [0.4, 0.5) is 5.69 Å². The van der Waals surface area contributed by atoms with Crippen molar-refractivity contribution in [2.75, 3.05) is 44.8 Å². The summed E-state index contributed by atoms with van der Waals surface area (Å²) in [4.78, 5) is 17.1. The summed E-state index contributed by atoms with van der Waals surface area (Å²) in [5.41, 5.74) is 2.10. The van der Waals surface area contributed by atoms with Gasteiger partial charge >= 0.3 is 0 Å². The van der Waals surface area contributed by atoms with Gasteiger partial charge in [0.1, 0.15) is 0 Å². The number of nitrogens with one attached hydrogen (secondary N) is 1. The zero-order valence-electron chi connectivity index (χ0n) is 15.4. The van der Waals surface area contributed by atoms with E-state index >= 15 is 0 Å². The fraction of sp³-hybridized carbons (Fsp3) is 0.381. The van der Waals surface area contributed by atoms with Gasteiger partial charge in [0, 0.05) is 57.4 Å². The van der Waals surface area contributed by atoms with E-state index in [4.69, 9.17) is 9.47 Å². The van der Waals surface area contributed by atoms with Gasteiger partial charge in [-0.05, 0) is 17.7 Å². The summed E-state index contributed by atoms with van der Waals surface area (Å²) in [6.45, 7) is 6.11. The second-order valence-corrected chi connectivity index (χ2v) is 6.97. The van der Waals surface area contributed by atoms with Crippen LogP contribution in [0.5, 0.6) is 11.5 Å². The summed E-state index contributed by atoms with van der Waals surface area (Å²) in [6.07, 6.45) is 0.493. The Morgan fingerprint density at radius 3 is 2.48 bits per heavy atom. The number of benzene rings is 2. The molecule has 142 valence electrons. The summed E-state index contributed by atoms with van der Waals surface area (Å²) < 4.78 is 10.6. The summed E-state index contributed by atoms with van der Waals surface area (Å²) in [5, 5.41) is 2.94. The van der Waals surface area contributed by atoms with Crippen LogP contribution in [0.3, 0.4) is 0 Å². The van der Waals surface area contributed by atoms with Crippen molar-refractivity contribution in [2.45, 2.75) is 13.0 Å². The van der Waals surface area contributed by atoms with Crippen LogP contribution in [0.25, 0.3) is 0 Å². The van der Waals surface area contributed by atoms with E-state index in [1.165, 1.54) is 5.56 Å². The van der Waals surface area contributed by atoms with Crippen molar-refractivity contribution in [3.05, 3.63) is 54.1 Å². The molecule has 6 heteroatoms. The van der Waals surface area contributed by atoms with Crippen molar-refractivity contribution >= 4 is 11.6 Å². The third-order valence-corrected chi connectivity index (χ3v) is 5.03. The number of carbonyl (C=O) groups excluding carboxylic acids is 1. The number of fused-ring (bicyclic) bond motifs is 1. The normalized spacial score (nSPS) is 17.0. The van der Waals surface area contributed by atoms with Gasteiger partial charge in [0.05, 0.1) is 0 Å². The predicted octanol–water partition coefficient (Wildman–Crippen LogP) is 2.56. The smallest absolute Gasteiger partial charge is 0.231 e. The number of nitrogens with zero attached hydrogens (tertiary/aromatic N) is 2. The summed E-state index contributed by atoms with van der Waals surface area (Å²) >= 11 is 0. The third-order valence-electron chi connectivity index (χ3n) is 5.03. The molecule has 2 heterocycles. The molecule has 0 bridgehead atoms. The van der Waals surface area contributed by atoms with Gasteiger partial charge in [-0.15, -0.1) is 0 Å². The number of hydrogen-bond donors (Lipinski definition) is 1. The molecular formula is C21H25N3O3. The average molecular weight is 367 g/mol. The Morgan fingerprint density at radius 1 is 0.926 bits per heavy atom. The van der Waals surface area contributed by atoms with Gasteiger partial charge in [0.15, 0.2) is 11.5 Å². The summed E-state index contributed by atoms with van der Waals surface area (Å²) in [7, 11) is 0. The Bertz CT molecular complexity index is 773. The SMILES string of the molecule is O=C(CCN1CCN(Cc2ccccc2)CC1)Nc1ccc2c(c1)OCO2. The molecule has 0 unspecified atom stereocenters. The van der Waals surface area contributed by atoms with Crippen molar-refractivity contribution in [3.63, 3.8) is 0 Å². The Labute approximate surface area is 159 Å². The Morgan fingerprint density at radius 2 is 1.67 bits per heavy atom. The second-order valence-electron chi connectivity index (χ2n) is 6.97. The highest BCUT2D eigenvalue weighted by molar-refractivity contribution is 5.91. The van der Waals surface area contributed by atoms with E-state index in [-0.39, 0.29) is 12.7 Å². The molecule has 2 aliphatic rings. The van der Waals surface area contributed by atoms with Crippen molar-refractivity contribution in [2.24, 2.45) is 0 Å². The summed E-state index contributed by atoms with van der Waals surface area (Å²) in [5.74, 6) is 1.43. The fourth-order valence-corrected chi connectivity index (χ4v) is 3.47. The van der Waals surface area contributed by atoms with E-state index in [0.717, 1.165) is 50.7 Å². The molecule has 1 fully saturated rings. The quantitative estimate of drug-likeness (QED) is 0.850. The van der Waals surface area contributed by atoms with Crippen molar-refractivity contribution in [3.8, 4) is 11.5 Å². The van der Waals surface area contributed by atoms with Gasteiger partial charge in [-0.1, -0.05) is 30.3 Å². The topological polar surface area (TPSA) is 54.0 Å². The highest BCUT2D eigenvalue weighted by Gasteiger charge is 2.18. The highest BCUT2D eigenvalue weighted by atomic mass is 16.7. The van der Waals surface area contributed by atoms with E-state index in [9.17, 15) is 4.79 Å². The van der Waals surface area contributed by atoms with Crippen LogP contribution in [-0.2, 0) is 11.3 Å². The molecule has 0 aromatic heterocycles. The van der Waals surface area contributed by atoms with Gasteiger partial charge in [-0.3, -0.25) is 9.69 Å². The molecule has 27 heavy (non-hydrogen) atoms. The van der Waals surface area contributed by atoms with Crippen LogP contribution < -0.4 is 14.8 Å². The molecule has 4 rings (SSSR count). The van der Waals surface area contributed by atoms with Crippen LogP contribution in [-0.4, -0.2) is 55.2 Å². The Kier molecular flexibility index (Phi) is 5.55. The molecule has 1 N–H and O–H groups in total. The van der Waals surface area contributed by atoms with Crippen molar-refractivity contribution < 1.29 is 14.3 Å². The first-order valence-corrected chi connectivity index (χ1v) is 9.44. The zero-order valence-corrected chi connectivity index (χ0v) is 15.4. The first-order valence-electron chi connectivity index (χ1n) is 9.44. The third kappa shape index (κ3) is 4.78. The molecule has 2 aliphatic heterocycles. The monoisotopic (exact) mass is 367 g/mol. The number of hydrogen-bond acceptors (Lipinski definition) is 5. The highest BCUT2D eigenvalue weighted by Crippen LogP contribution is 2.34. The van der Waals surface area contributed by atoms with Gasteiger partial charge in [0.2, 0.25) is 12.7 Å². The number of rotatable bonds is 6. The minimum Gasteiger partial charge on any atom is -0.454 e. The fourth-order valence-electron chi connectivity index (χ4n) is 3.47. The Hall–Kier alpha value is -2.57. The minimum absolute atomic E-state index is 0.0283. The molecule has 1 amide bonds. The van der Waals surface area contributed by atoms with E-state index in [1.807, 2.05) is 18.2 Å². The maximum atomic E-state index is 12.2. The maximum Gasteiger partial charge on any atom is 0.231 e. The first-order chi connectivity index (χ1) is 13.3. The molecule has 2 aromatic carbocycles. The van der Waals surface area contributed by atoms with E-state index in [1.54, 1.807) is 0 Å². The first kappa shape index (κ1) is 17.8. The van der Waals surface area contributed by atoms with Gasteiger partial charge in [0.25, 0.3) is 0 Å². The van der Waals surface area contributed by atoms with Gasteiger partial charge in [-0.25, -0.2) is 0 Å². The number of carbonyl (C=O) groups is 1. The summed E-state index contributed by atoms with van der Waals surface area (Å²) in [6, 6.07) is 16.0. The number of anilines is 1. The van der Waals surface area contributed by atoms with E-state index in [0.29, 0.717) is 12.2 Å². The molecule has 6 nitrogen and oxygen atoms in total. The van der Waals surface area contributed by atoms with Crippen LogP contribution in [0.15, 0.2) is 48.5 Å². The minimum atomic E-state index is 0.0283. The average Bonchev–Trinajstić information content (AvgIpc) is 3.16. The largest absolute Gasteiger partial charge is 0.454 e. The van der Waals surface area contributed by atoms with Crippen LogP contribution in [0, 0.1) is 0 Å². The molecular weight excluding hydrogens is 342 g/mol. The van der Waals surface area contributed by atoms with Crippen molar-refractivity contribution in [1.29, 1.82) is 0 Å².